The van der Waals surface area contributed by atoms with E-state index >= 15 is 0 Å². The van der Waals surface area contributed by atoms with Crippen molar-refractivity contribution in [2.24, 2.45) is 0 Å². The van der Waals surface area contributed by atoms with E-state index in [1.165, 1.54) is 11.3 Å². The number of carbonyl (C=O) groups is 1. The number of anilines is 2. The van der Waals surface area contributed by atoms with E-state index in [0.29, 0.717) is 39.9 Å². The Morgan fingerprint density at radius 1 is 1.20 bits per heavy atom. The van der Waals surface area contributed by atoms with Crippen LogP contribution in [0.5, 0.6) is 0 Å². The van der Waals surface area contributed by atoms with E-state index in [0.717, 1.165) is 30.8 Å². The van der Waals surface area contributed by atoms with Crippen molar-refractivity contribution in [3.8, 4) is 10.6 Å². The summed E-state index contributed by atoms with van der Waals surface area (Å²) < 4.78 is 5.36. The van der Waals surface area contributed by atoms with E-state index in [1.54, 1.807) is 24.3 Å². The summed E-state index contributed by atoms with van der Waals surface area (Å²) in [6, 6.07) is 5.78. The van der Waals surface area contributed by atoms with Crippen LogP contribution in [0.25, 0.3) is 21.7 Å². The summed E-state index contributed by atoms with van der Waals surface area (Å²) in [7, 11) is 0. The molecule has 5 rings (SSSR count). The molecule has 0 atom stereocenters. The number of nitrogens with zero attached hydrogens (tertiary/aromatic N) is 5. The summed E-state index contributed by atoms with van der Waals surface area (Å²) in [5.74, 6) is 0.610. The van der Waals surface area contributed by atoms with Crippen LogP contribution >= 0.6 is 11.3 Å². The Balaban J connectivity index is 1.47. The minimum absolute atomic E-state index is 0.313. The molecule has 0 radical (unpaired) electrons. The van der Waals surface area contributed by atoms with Gasteiger partial charge in [-0.2, -0.15) is 4.98 Å². The first kappa shape index (κ1) is 18.7. The molecule has 1 amide bonds. The smallest absolute Gasteiger partial charge is 0.259 e. The molecule has 1 aliphatic heterocycles. The second-order valence-corrected chi connectivity index (χ2v) is 8.69. The second kappa shape index (κ2) is 7.52. The number of carbonyl (C=O) groups excluding carboxylic acids is 1. The van der Waals surface area contributed by atoms with Gasteiger partial charge in [-0.25, -0.2) is 10.1 Å². The molecule has 1 fully saturated rings. The lowest BCUT2D eigenvalue weighted by Gasteiger charge is -2.24. The third-order valence-corrected chi connectivity index (χ3v) is 6.22. The van der Waals surface area contributed by atoms with Crippen LogP contribution in [0.1, 0.15) is 40.2 Å². The van der Waals surface area contributed by atoms with Gasteiger partial charge in [0.2, 0.25) is 11.9 Å². The lowest BCUT2D eigenvalue weighted by molar-refractivity contribution is 0.102. The third-order valence-electron chi connectivity index (χ3n) is 5.20. The van der Waals surface area contributed by atoms with Crippen molar-refractivity contribution < 1.29 is 9.32 Å². The number of nitrogens with one attached hydrogen (secondary N) is 2. The Hall–Kier alpha value is -3.27. The van der Waals surface area contributed by atoms with Gasteiger partial charge in [-0.3, -0.25) is 10.1 Å². The van der Waals surface area contributed by atoms with E-state index in [4.69, 9.17) is 4.52 Å². The van der Waals surface area contributed by atoms with Crippen molar-refractivity contribution in [2.45, 2.75) is 33.1 Å². The van der Waals surface area contributed by atoms with Crippen LogP contribution in [-0.2, 0) is 0 Å². The molecule has 5 heterocycles. The maximum absolute atomic E-state index is 13.1. The molecule has 1 saturated heterocycles. The van der Waals surface area contributed by atoms with E-state index in [9.17, 15) is 4.79 Å². The standard InChI is InChI=1S/C20H21N7O2S/c1-11-6-7-15(30-11)14-10-13(16-12(2)26-29-18(16)21-14)17(28)22-19-23-20(25-24-19)27-8-4-3-5-9-27/h6-7,10H,3-5,8-9H2,1-2H3,(H2,22,23,24,25,28). The zero-order chi connectivity index (χ0) is 20.7. The molecule has 4 aromatic rings. The molecule has 2 N–H and O–H groups in total. The average molecular weight is 424 g/mol. The molecule has 4 aromatic heterocycles. The highest BCUT2D eigenvalue weighted by molar-refractivity contribution is 7.15. The lowest BCUT2D eigenvalue weighted by Crippen LogP contribution is -2.30. The zero-order valence-corrected chi connectivity index (χ0v) is 17.5. The zero-order valence-electron chi connectivity index (χ0n) is 16.7. The summed E-state index contributed by atoms with van der Waals surface area (Å²) in [6.07, 6.45) is 3.48. The fraction of sp³-hybridized carbons (Fsp3) is 0.350. The minimum atomic E-state index is -0.315. The Labute approximate surface area is 176 Å². The topological polar surface area (TPSA) is 113 Å². The molecule has 0 bridgehead atoms. The number of H-pyrrole nitrogens is 1. The number of pyridine rings is 1. The number of fused-ring (bicyclic) bond motifs is 1. The van der Waals surface area contributed by atoms with E-state index in [-0.39, 0.29) is 5.91 Å². The maximum Gasteiger partial charge on any atom is 0.259 e. The van der Waals surface area contributed by atoms with Gasteiger partial charge >= 0.3 is 0 Å². The third kappa shape index (κ3) is 3.43. The van der Waals surface area contributed by atoms with Crippen LogP contribution in [-0.4, -0.2) is 44.3 Å². The van der Waals surface area contributed by atoms with Crippen molar-refractivity contribution in [2.75, 3.05) is 23.3 Å². The van der Waals surface area contributed by atoms with Crippen molar-refractivity contribution in [3.63, 3.8) is 0 Å². The minimum Gasteiger partial charge on any atom is -0.340 e. The van der Waals surface area contributed by atoms with Crippen LogP contribution in [0, 0.1) is 13.8 Å². The summed E-state index contributed by atoms with van der Waals surface area (Å²) in [6.45, 7) is 5.68. The molecule has 0 aromatic carbocycles. The highest BCUT2D eigenvalue weighted by Crippen LogP contribution is 2.31. The van der Waals surface area contributed by atoms with Gasteiger partial charge in [0.1, 0.15) is 0 Å². The highest BCUT2D eigenvalue weighted by Gasteiger charge is 2.22. The monoisotopic (exact) mass is 423 g/mol. The quantitative estimate of drug-likeness (QED) is 0.511. The lowest BCUT2D eigenvalue weighted by atomic mass is 10.1. The van der Waals surface area contributed by atoms with Crippen LogP contribution in [0.2, 0.25) is 0 Å². The highest BCUT2D eigenvalue weighted by atomic mass is 32.1. The van der Waals surface area contributed by atoms with Crippen molar-refractivity contribution in [3.05, 3.63) is 34.3 Å². The number of hydrogen-bond donors (Lipinski definition) is 2. The summed E-state index contributed by atoms with van der Waals surface area (Å²) >= 11 is 1.61. The molecular weight excluding hydrogens is 402 g/mol. The van der Waals surface area contributed by atoms with Gasteiger partial charge < -0.3 is 9.42 Å². The first-order valence-corrected chi connectivity index (χ1v) is 10.7. The number of hydrogen-bond acceptors (Lipinski definition) is 8. The number of rotatable bonds is 4. The van der Waals surface area contributed by atoms with Crippen LogP contribution in [0.15, 0.2) is 22.7 Å². The molecule has 30 heavy (non-hydrogen) atoms. The molecule has 1 aliphatic rings. The molecule has 154 valence electrons. The van der Waals surface area contributed by atoms with Gasteiger partial charge in [0.05, 0.1) is 27.2 Å². The molecular formula is C20H21N7O2S. The number of aromatic amines is 1. The van der Waals surface area contributed by atoms with E-state index in [1.807, 2.05) is 19.1 Å². The molecule has 0 unspecified atom stereocenters. The van der Waals surface area contributed by atoms with Crippen LogP contribution in [0.3, 0.4) is 0 Å². The van der Waals surface area contributed by atoms with Gasteiger partial charge in [0.25, 0.3) is 11.6 Å². The largest absolute Gasteiger partial charge is 0.340 e. The van der Waals surface area contributed by atoms with Gasteiger partial charge in [0.15, 0.2) is 0 Å². The Bertz CT molecular complexity index is 1220. The summed E-state index contributed by atoms with van der Waals surface area (Å²) in [5, 5.41) is 14.5. The molecule has 0 saturated carbocycles. The normalized spacial score (nSPS) is 14.4. The van der Waals surface area contributed by atoms with E-state index < -0.39 is 0 Å². The molecule has 10 heteroatoms. The van der Waals surface area contributed by atoms with Gasteiger partial charge in [-0.1, -0.05) is 5.16 Å². The molecule has 9 nitrogen and oxygen atoms in total. The number of amides is 1. The molecule has 0 aliphatic carbocycles. The summed E-state index contributed by atoms with van der Waals surface area (Å²) in [4.78, 5) is 26.4. The summed E-state index contributed by atoms with van der Waals surface area (Å²) in [5.41, 5.74) is 2.07. The number of thiophene rings is 1. The number of piperidine rings is 1. The van der Waals surface area contributed by atoms with Crippen LogP contribution in [0.4, 0.5) is 11.9 Å². The Morgan fingerprint density at radius 3 is 2.80 bits per heavy atom. The fourth-order valence-corrected chi connectivity index (χ4v) is 4.52. The van der Waals surface area contributed by atoms with E-state index in [2.05, 4.69) is 35.5 Å². The first-order chi connectivity index (χ1) is 14.6. The van der Waals surface area contributed by atoms with Gasteiger partial charge in [-0.15, -0.1) is 16.4 Å². The van der Waals surface area contributed by atoms with Gasteiger partial charge in [-0.05, 0) is 51.3 Å². The maximum atomic E-state index is 13.1. The Morgan fingerprint density at radius 2 is 2.03 bits per heavy atom. The fourth-order valence-electron chi connectivity index (χ4n) is 3.69. The predicted molar refractivity (Wildman–Crippen MR) is 115 cm³/mol. The first-order valence-electron chi connectivity index (χ1n) is 9.91. The van der Waals surface area contributed by atoms with Crippen LogP contribution < -0.4 is 10.2 Å². The van der Waals surface area contributed by atoms with Crippen molar-refractivity contribution >= 4 is 40.2 Å². The molecule has 0 spiro atoms. The average Bonchev–Trinajstić information content (AvgIpc) is 3.49. The van der Waals surface area contributed by atoms with Crippen molar-refractivity contribution in [1.82, 2.24) is 25.3 Å². The number of aromatic nitrogens is 5. The Kier molecular flexibility index (Phi) is 4.70. The SMILES string of the molecule is Cc1ccc(-c2cc(C(=O)Nc3nc(N4CCCCC4)n[nH]3)c3c(C)noc3n2)s1. The second-order valence-electron chi connectivity index (χ2n) is 7.40. The van der Waals surface area contributed by atoms with Crippen molar-refractivity contribution in [1.29, 1.82) is 0 Å². The predicted octanol–water partition coefficient (Wildman–Crippen LogP) is 3.93. The number of aryl methyl sites for hydroxylation is 2. The van der Waals surface area contributed by atoms with Gasteiger partial charge in [0, 0.05) is 18.0 Å².